The molecule has 2 aromatic rings. The third kappa shape index (κ3) is 7.54. The Morgan fingerprint density at radius 2 is 1.51 bits per heavy atom. The molecule has 2 amide bonds. The number of likely N-dealkylation sites (N-methyl/N-ethyl adjacent to an activating group) is 1. The molecule has 0 bridgehead atoms. The molecule has 1 atom stereocenters. The second-order valence-electron chi connectivity index (χ2n) is 7.53. The van der Waals surface area contributed by atoms with Gasteiger partial charge in [0.25, 0.3) is 0 Å². The first kappa shape index (κ1) is 29.8. The molecule has 0 fully saturated rings. The number of hydrogen-bond donors (Lipinski definition) is 1. The zero-order valence-corrected chi connectivity index (χ0v) is 23.7. The Morgan fingerprint density at radius 1 is 0.943 bits per heavy atom. The first-order valence-corrected chi connectivity index (χ1v) is 14.2. The predicted octanol–water partition coefficient (Wildman–Crippen LogP) is 5.66. The summed E-state index contributed by atoms with van der Waals surface area (Å²) >= 11 is 30.9. The van der Waals surface area contributed by atoms with Crippen LogP contribution in [-0.2, 0) is 26.2 Å². The summed E-state index contributed by atoms with van der Waals surface area (Å²) in [5, 5.41) is 3.46. The van der Waals surface area contributed by atoms with Crippen LogP contribution in [0.25, 0.3) is 0 Å². The van der Waals surface area contributed by atoms with Gasteiger partial charge in [0, 0.05) is 28.7 Å². The summed E-state index contributed by atoms with van der Waals surface area (Å²) in [6, 6.07) is 6.50. The van der Waals surface area contributed by atoms with Gasteiger partial charge >= 0.3 is 0 Å². The number of carbonyl (C=O) groups is 2. The molecule has 0 unspecified atom stereocenters. The van der Waals surface area contributed by atoms with Crippen molar-refractivity contribution < 1.29 is 18.0 Å². The number of anilines is 1. The fourth-order valence-corrected chi connectivity index (χ4v) is 5.43. The normalized spacial score (nSPS) is 12.2. The highest BCUT2D eigenvalue weighted by atomic mass is 35.5. The quantitative estimate of drug-likeness (QED) is 0.355. The summed E-state index contributed by atoms with van der Waals surface area (Å²) in [6.45, 7) is 3.05. The van der Waals surface area contributed by atoms with Gasteiger partial charge in [-0.05, 0) is 37.6 Å². The highest BCUT2D eigenvalue weighted by Crippen LogP contribution is 2.36. The van der Waals surface area contributed by atoms with Crippen LogP contribution in [0.2, 0.25) is 25.1 Å². The van der Waals surface area contributed by atoms with E-state index >= 15 is 0 Å². The number of carbonyl (C=O) groups excluding carboxylic acids is 2. The number of nitrogens with one attached hydrogen (secondary N) is 1. The minimum Gasteiger partial charge on any atom is -0.355 e. The van der Waals surface area contributed by atoms with Gasteiger partial charge in [0.05, 0.1) is 27.0 Å². The lowest BCUT2D eigenvalue weighted by atomic mass is 10.1. The average molecular weight is 604 g/mol. The molecule has 0 spiro atoms. The van der Waals surface area contributed by atoms with Gasteiger partial charge in [-0.1, -0.05) is 71.0 Å². The molecule has 0 aliphatic heterocycles. The van der Waals surface area contributed by atoms with Crippen LogP contribution in [0, 0.1) is 0 Å². The molecule has 0 aliphatic carbocycles. The predicted molar refractivity (Wildman–Crippen MR) is 143 cm³/mol. The largest absolute Gasteiger partial charge is 0.355 e. The molecule has 192 valence electrons. The van der Waals surface area contributed by atoms with E-state index in [1.807, 2.05) is 0 Å². The van der Waals surface area contributed by atoms with E-state index in [0.717, 1.165) is 10.6 Å². The molecule has 1 N–H and O–H groups in total. The molecule has 0 saturated carbocycles. The van der Waals surface area contributed by atoms with Crippen molar-refractivity contribution in [1.82, 2.24) is 10.2 Å². The Morgan fingerprint density at radius 3 is 2.03 bits per heavy atom. The number of rotatable bonds is 10. The van der Waals surface area contributed by atoms with Crippen molar-refractivity contribution >= 4 is 85.5 Å². The van der Waals surface area contributed by atoms with Crippen molar-refractivity contribution in [2.45, 2.75) is 32.9 Å². The highest BCUT2D eigenvalue weighted by molar-refractivity contribution is 7.92. The molecule has 0 radical (unpaired) electrons. The second-order valence-corrected chi connectivity index (χ2v) is 11.5. The van der Waals surface area contributed by atoms with Crippen molar-refractivity contribution in [1.29, 1.82) is 0 Å². The molecule has 0 heterocycles. The van der Waals surface area contributed by atoms with E-state index in [0.29, 0.717) is 22.2 Å². The Hall–Kier alpha value is -1.42. The summed E-state index contributed by atoms with van der Waals surface area (Å²) in [5.41, 5.74) is 0.393. The maximum Gasteiger partial charge on any atom is 0.244 e. The van der Waals surface area contributed by atoms with E-state index in [-0.39, 0.29) is 33.7 Å². The van der Waals surface area contributed by atoms with Crippen LogP contribution in [0.4, 0.5) is 5.69 Å². The number of nitrogens with zero attached hydrogens (tertiary/aromatic N) is 2. The summed E-state index contributed by atoms with van der Waals surface area (Å²) in [7, 11) is -4.00. The number of sulfonamides is 1. The van der Waals surface area contributed by atoms with E-state index < -0.39 is 34.4 Å². The van der Waals surface area contributed by atoms with Crippen molar-refractivity contribution in [2.75, 3.05) is 23.7 Å². The zero-order chi connectivity index (χ0) is 26.5. The van der Waals surface area contributed by atoms with E-state index in [1.54, 1.807) is 32.0 Å². The molecule has 7 nitrogen and oxygen atoms in total. The van der Waals surface area contributed by atoms with Gasteiger partial charge in [0.15, 0.2) is 0 Å². The van der Waals surface area contributed by atoms with Crippen molar-refractivity contribution in [3.8, 4) is 0 Å². The lowest BCUT2D eigenvalue weighted by Gasteiger charge is -2.33. The number of benzene rings is 2. The molecule has 0 saturated heterocycles. The minimum atomic E-state index is -4.00. The maximum atomic E-state index is 13.6. The number of hydrogen-bond acceptors (Lipinski definition) is 4. The smallest absolute Gasteiger partial charge is 0.244 e. The molecule has 35 heavy (non-hydrogen) atoms. The Kier molecular flexibility index (Phi) is 10.8. The van der Waals surface area contributed by atoms with Crippen molar-refractivity contribution in [3.63, 3.8) is 0 Å². The van der Waals surface area contributed by atoms with Gasteiger partial charge < -0.3 is 10.2 Å². The van der Waals surface area contributed by atoms with Crippen molar-refractivity contribution in [2.24, 2.45) is 0 Å². The van der Waals surface area contributed by atoms with Gasteiger partial charge in [0.1, 0.15) is 12.6 Å². The third-order valence-electron chi connectivity index (χ3n) is 5.06. The fourth-order valence-electron chi connectivity index (χ4n) is 3.36. The first-order chi connectivity index (χ1) is 16.3. The number of amides is 2. The molecule has 0 aliphatic rings. The van der Waals surface area contributed by atoms with Crippen LogP contribution in [0.5, 0.6) is 0 Å². The Balaban J connectivity index is 2.56. The van der Waals surface area contributed by atoms with Gasteiger partial charge in [-0.2, -0.15) is 0 Å². The van der Waals surface area contributed by atoms with Crippen LogP contribution >= 0.6 is 58.0 Å². The van der Waals surface area contributed by atoms with E-state index in [2.05, 4.69) is 5.32 Å². The second kappa shape index (κ2) is 12.7. The molecule has 13 heteroatoms. The van der Waals surface area contributed by atoms with Gasteiger partial charge in [-0.3, -0.25) is 13.9 Å². The zero-order valence-electron chi connectivity index (χ0n) is 19.1. The SMILES string of the molecule is CCNC(=O)[C@@H](CC)N(Cc1c(Cl)cccc1Cl)C(=O)CN(c1cc(Cl)c(Cl)cc1Cl)S(C)(=O)=O. The van der Waals surface area contributed by atoms with Gasteiger partial charge in [-0.25, -0.2) is 8.42 Å². The minimum absolute atomic E-state index is 0.0194. The molecule has 2 aromatic carbocycles. The summed E-state index contributed by atoms with van der Waals surface area (Å²) in [6.07, 6.45) is 1.18. The lowest BCUT2D eigenvalue weighted by Crippen LogP contribution is -2.52. The van der Waals surface area contributed by atoms with Crippen LogP contribution in [0.3, 0.4) is 0 Å². The molecule has 0 aromatic heterocycles. The average Bonchev–Trinajstić information content (AvgIpc) is 2.76. The molecular formula is C22H24Cl5N3O4S. The summed E-state index contributed by atoms with van der Waals surface area (Å²) < 4.78 is 26.2. The third-order valence-corrected chi connectivity index (χ3v) is 7.92. The Bertz CT molecular complexity index is 1190. The molecule has 2 rings (SSSR count). The summed E-state index contributed by atoms with van der Waals surface area (Å²) in [4.78, 5) is 27.7. The van der Waals surface area contributed by atoms with Crippen LogP contribution in [0.15, 0.2) is 30.3 Å². The van der Waals surface area contributed by atoms with Crippen LogP contribution in [-0.4, -0.2) is 50.5 Å². The standard InChI is InChI=1S/C22H24Cl5N3O4S/c1-4-19(22(32)28-5-2)29(11-13-14(23)7-6-8-15(13)24)21(31)12-30(35(3,33)34)20-10-17(26)16(25)9-18(20)27/h6-10,19H,4-5,11-12H2,1-3H3,(H,28,32)/t19-/m1/s1. The summed E-state index contributed by atoms with van der Waals surface area (Å²) in [5.74, 6) is -1.07. The van der Waals surface area contributed by atoms with Crippen LogP contribution < -0.4 is 9.62 Å². The lowest BCUT2D eigenvalue weighted by molar-refractivity contribution is -0.140. The van der Waals surface area contributed by atoms with E-state index in [1.165, 1.54) is 17.0 Å². The number of halogens is 5. The van der Waals surface area contributed by atoms with E-state index in [9.17, 15) is 18.0 Å². The topological polar surface area (TPSA) is 86.8 Å². The molecular weight excluding hydrogens is 580 g/mol. The fraction of sp³-hybridized carbons (Fsp3) is 0.364. The Labute approximate surface area is 230 Å². The van der Waals surface area contributed by atoms with Crippen LogP contribution in [0.1, 0.15) is 25.8 Å². The maximum absolute atomic E-state index is 13.6. The van der Waals surface area contributed by atoms with Gasteiger partial charge in [0.2, 0.25) is 21.8 Å². The monoisotopic (exact) mass is 601 g/mol. The van der Waals surface area contributed by atoms with Crippen molar-refractivity contribution in [3.05, 3.63) is 61.0 Å². The van der Waals surface area contributed by atoms with Gasteiger partial charge in [-0.15, -0.1) is 0 Å². The van der Waals surface area contributed by atoms with E-state index in [4.69, 9.17) is 58.0 Å². The highest BCUT2D eigenvalue weighted by Gasteiger charge is 2.33. The first-order valence-electron chi connectivity index (χ1n) is 10.4.